The highest BCUT2D eigenvalue weighted by atomic mass is 16.6. The van der Waals surface area contributed by atoms with Gasteiger partial charge in [0.1, 0.15) is 0 Å². The van der Waals surface area contributed by atoms with Crippen LogP contribution < -0.4 is 0 Å². The number of non-ortho nitro benzene ring substituents is 1. The first-order valence-electron chi connectivity index (χ1n) is 11.8. The highest BCUT2D eigenvalue weighted by Crippen LogP contribution is 2.41. The van der Waals surface area contributed by atoms with Gasteiger partial charge in [0.15, 0.2) is 0 Å². The quantitative estimate of drug-likeness (QED) is 0.355. The fourth-order valence-corrected chi connectivity index (χ4v) is 4.50. The highest BCUT2D eigenvalue weighted by molar-refractivity contribution is 5.64. The normalized spacial score (nSPS) is 15.4. The zero-order valence-electron chi connectivity index (χ0n) is 20.4. The first-order valence-corrected chi connectivity index (χ1v) is 11.8. The Morgan fingerprint density at radius 3 is 1.81 bits per heavy atom. The number of phenols is 1. The van der Waals surface area contributed by atoms with Crippen molar-refractivity contribution in [1.29, 1.82) is 0 Å². The molecular weight excluding hydrogens is 472 g/mol. The predicted molar refractivity (Wildman–Crippen MR) is 133 cm³/mol. The number of rotatable bonds is 9. The molecule has 2 N–H and O–H groups in total. The van der Waals surface area contributed by atoms with Crippen LogP contribution in [0.3, 0.4) is 0 Å². The molecule has 2 aromatic carbocycles. The molecule has 12 heteroatoms. The van der Waals surface area contributed by atoms with Crippen LogP contribution in [0.2, 0.25) is 0 Å². The van der Waals surface area contributed by atoms with Crippen LogP contribution in [0.5, 0.6) is 5.75 Å². The number of likely N-dealkylation sites (N-methyl/N-ethyl adjacent to an activating group) is 1. The number of nitrogens with zero attached hydrogens (tertiary/aromatic N) is 4. The summed E-state index contributed by atoms with van der Waals surface area (Å²) in [6, 6.07) is 11.5. The average molecular weight is 505 g/mol. The molecule has 0 aromatic heterocycles. The molecule has 0 saturated heterocycles. The summed E-state index contributed by atoms with van der Waals surface area (Å²) in [5.41, 5.74) is -2.22. The van der Waals surface area contributed by atoms with E-state index in [1.165, 1.54) is 12.0 Å². The van der Waals surface area contributed by atoms with Crippen LogP contribution >= 0.6 is 0 Å². The van der Waals surface area contributed by atoms with Crippen molar-refractivity contribution in [1.82, 2.24) is 4.90 Å². The van der Waals surface area contributed by atoms with Crippen LogP contribution in [0.1, 0.15) is 57.4 Å². The minimum Gasteiger partial charge on any atom is -0.497 e. The monoisotopic (exact) mass is 504 g/mol. The van der Waals surface area contributed by atoms with Crippen LogP contribution in [0.25, 0.3) is 0 Å². The maximum absolute atomic E-state index is 11.2. The molecule has 0 bridgehead atoms. The standard InChI is InChI=1S/C18H29NO.C6H3N3O7/c1-3-19(4-2)15-17(16-11-7-5-8-12-16)18(20)13-9-6-10-14-18;10-6-4(8(13)14)1-3(7(11)12)2-5(6)9(15)16/h5,7-8,11-12,17,20H,3-4,6,9-10,13-15H2,1-2H3;1-2,10H. The van der Waals surface area contributed by atoms with Gasteiger partial charge < -0.3 is 15.1 Å². The smallest absolute Gasteiger partial charge is 0.324 e. The van der Waals surface area contributed by atoms with Crippen LogP contribution in [0.4, 0.5) is 17.1 Å². The number of phenolic OH excluding ortho intramolecular Hbond substituents is 1. The number of nitro benzene ring substituents is 3. The average Bonchev–Trinajstić information content (AvgIpc) is 2.85. The maximum Gasteiger partial charge on any atom is 0.324 e. The summed E-state index contributed by atoms with van der Waals surface area (Å²) in [5, 5.41) is 51.4. The molecule has 1 aliphatic carbocycles. The minimum absolute atomic E-state index is 0.240. The lowest BCUT2D eigenvalue weighted by Crippen LogP contribution is -2.44. The lowest BCUT2D eigenvalue weighted by molar-refractivity contribution is -0.404. The second-order valence-corrected chi connectivity index (χ2v) is 8.72. The van der Waals surface area contributed by atoms with Crippen LogP contribution in [-0.4, -0.2) is 55.1 Å². The van der Waals surface area contributed by atoms with E-state index in [9.17, 15) is 35.4 Å². The number of aliphatic hydroxyl groups is 1. The Kier molecular flexibility index (Phi) is 10.2. The van der Waals surface area contributed by atoms with Gasteiger partial charge in [-0.25, -0.2) is 0 Å². The van der Waals surface area contributed by atoms with E-state index >= 15 is 0 Å². The molecule has 12 nitrogen and oxygen atoms in total. The molecule has 1 fully saturated rings. The SMILES string of the molecule is CCN(CC)CC(c1ccccc1)C1(O)CCCCC1.O=[N+]([O-])c1cc([N+](=O)[O-])c(O)c([N+](=O)[O-])c1. The van der Waals surface area contributed by atoms with Gasteiger partial charge in [0, 0.05) is 12.5 Å². The highest BCUT2D eigenvalue weighted by Gasteiger charge is 2.39. The Morgan fingerprint density at radius 2 is 1.39 bits per heavy atom. The summed E-state index contributed by atoms with van der Waals surface area (Å²) in [6.45, 7) is 7.48. The molecule has 1 aliphatic rings. The Labute approximate surface area is 208 Å². The van der Waals surface area contributed by atoms with Gasteiger partial charge in [-0.1, -0.05) is 63.4 Å². The van der Waals surface area contributed by atoms with E-state index in [4.69, 9.17) is 5.11 Å². The van der Waals surface area contributed by atoms with Crippen molar-refractivity contribution in [3.05, 3.63) is 78.4 Å². The number of hydrogen-bond donors (Lipinski definition) is 2. The first-order chi connectivity index (χ1) is 17.0. The summed E-state index contributed by atoms with van der Waals surface area (Å²) in [4.78, 5) is 30.2. The number of nitro groups is 3. The summed E-state index contributed by atoms with van der Waals surface area (Å²) in [7, 11) is 0. The van der Waals surface area contributed by atoms with E-state index in [0.29, 0.717) is 12.1 Å². The first kappa shape index (κ1) is 28.6. The van der Waals surface area contributed by atoms with Crippen molar-refractivity contribution in [2.45, 2.75) is 57.5 Å². The van der Waals surface area contributed by atoms with Gasteiger partial charge in [0.2, 0.25) is 0 Å². The summed E-state index contributed by atoms with van der Waals surface area (Å²) >= 11 is 0. The largest absolute Gasteiger partial charge is 0.497 e. The van der Waals surface area contributed by atoms with Crippen molar-refractivity contribution in [3.63, 3.8) is 0 Å². The molecular formula is C24H32N4O8. The Bertz CT molecular complexity index is 1020. The Morgan fingerprint density at radius 1 is 0.889 bits per heavy atom. The zero-order chi connectivity index (χ0) is 26.9. The molecule has 36 heavy (non-hydrogen) atoms. The topological polar surface area (TPSA) is 173 Å². The van der Waals surface area contributed by atoms with Crippen molar-refractivity contribution in [2.24, 2.45) is 0 Å². The molecule has 1 atom stereocenters. The Balaban J connectivity index is 0.000000261. The van der Waals surface area contributed by atoms with E-state index in [1.54, 1.807) is 0 Å². The van der Waals surface area contributed by atoms with Gasteiger partial charge in [0.25, 0.3) is 11.4 Å². The minimum atomic E-state index is -1.21. The number of benzene rings is 2. The van der Waals surface area contributed by atoms with E-state index < -0.39 is 43.2 Å². The fraction of sp³-hybridized carbons (Fsp3) is 0.500. The van der Waals surface area contributed by atoms with Gasteiger partial charge in [-0.3, -0.25) is 30.3 Å². The van der Waals surface area contributed by atoms with Crippen molar-refractivity contribution in [2.75, 3.05) is 19.6 Å². The summed E-state index contributed by atoms with van der Waals surface area (Å²) in [6.07, 6.45) is 5.51. The van der Waals surface area contributed by atoms with E-state index in [0.717, 1.165) is 45.3 Å². The lowest BCUT2D eigenvalue weighted by atomic mass is 9.72. The van der Waals surface area contributed by atoms with Gasteiger partial charge >= 0.3 is 11.4 Å². The summed E-state index contributed by atoms with van der Waals surface area (Å²) < 4.78 is 0. The molecule has 0 spiro atoms. The van der Waals surface area contributed by atoms with Crippen molar-refractivity contribution >= 4 is 17.1 Å². The maximum atomic E-state index is 11.2. The second kappa shape index (κ2) is 12.9. The van der Waals surface area contributed by atoms with Crippen molar-refractivity contribution in [3.8, 4) is 5.75 Å². The van der Waals surface area contributed by atoms with Gasteiger partial charge in [-0.2, -0.15) is 0 Å². The van der Waals surface area contributed by atoms with Gasteiger partial charge in [-0.05, 0) is 31.5 Å². The lowest BCUT2D eigenvalue weighted by Gasteiger charge is -2.41. The molecule has 1 saturated carbocycles. The van der Waals surface area contributed by atoms with Crippen LogP contribution in [0.15, 0.2) is 42.5 Å². The molecule has 0 aliphatic heterocycles. The molecule has 0 radical (unpaired) electrons. The molecule has 2 aromatic rings. The fourth-order valence-electron chi connectivity index (χ4n) is 4.50. The number of aromatic hydroxyl groups is 1. The molecule has 196 valence electrons. The zero-order valence-corrected chi connectivity index (χ0v) is 20.4. The molecule has 3 rings (SSSR count). The van der Waals surface area contributed by atoms with Crippen molar-refractivity contribution < 1.29 is 25.0 Å². The van der Waals surface area contributed by atoms with E-state index in [-0.39, 0.29) is 5.92 Å². The third-order valence-corrected chi connectivity index (χ3v) is 6.56. The molecule has 1 unspecified atom stereocenters. The van der Waals surface area contributed by atoms with E-state index in [1.807, 2.05) is 0 Å². The van der Waals surface area contributed by atoms with Crippen LogP contribution in [0, 0.1) is 30.3 Å². The Hall–Kier alpha value is -3.64. The second-order valence-electron chi connectivity index (χ2n) is 8.72. The van der Waals surface area contributed by atoms with Crippen LogP contribution in [-0.2, 0) is 0 Å². The third-order valence-electron chi connectivity index (χ3n) is 6.56. The summed E-state index contributed by atoms with van der Waals surface area (Å²) in [5.74, 6) is -0.968. The molecule has 0 heterocycles. The number of hydrogen-bond acceptors (Lipinski definition) is 9. The van der Waals surface area contributed by atoms with Gasteiger partial charge in [-0.15, -0.1) is 0 Å². The van der Waals surface area contributed by atoms with E-state index in [2.05, 4.69) is 49.1 Å². The molecule has 0 amide bonds. The van der Waals surface area contributed by atoms with Gasteiger partial charge in [0.05, 0.1) is 32.5 Å². The predicted octanol–water partition coefficient (Wildman–Crippen LogP) is 4.92. The third kappa shape index (κ3) is 7.18.